The maximum Gasteiger partial charge on any atom is 0.406 e. The van der Waals surface area contributed by atoms with E-state index in [-0.39, 0.29) is 12.1 Å². The van der Waals surface area contributed by atoms with Crippen molar-refractivity contribution in [1.29, 1.82) is 0 Å². The molecule has 0 heterocycles. The van der Waals surface area contributed by atoms with E-state index in [0.717, 1.165) is 4.90 Å². The van der Waals surface area contributed by atoms with Crippen molar-refractivity contribution < 1.29 is 18.0 Å². The molecule has 0 unspecified atom stereocenters. The minimum atomic E-state index is -4.42. The van der Waals surface area contributed by atoms with Crippen molar-refractivity contribution in [3.8, 4) is 0 Å². The lowest BCUT2D eigenvalue weighted by Crippen LogP contribution is -2.40. The number of hydrogen-bond donors (Lipinski definition) is 1. The maximum absolute atomic E-state index is 12.6. The van der Waals surface area contributed by atoms with Crippen molar-refractivity contribution in [3.05, 3.63) is 27.7 Å². The summed E-state index contributed by atoms with van der Waals surface area (Å²) in [7, 11) is 0. The number of nitrogen functional groups attached to an aromatic ring is 1. The largest absolute Gasteiger partial charge is 0.406 e. The van der Waals surface area contributed by atoms with Gasteiger partial charge in [-0.1, -0.05) is 29.3 Å². The van der Waals surface area contributed by atoms with Crippen LogP contribution >= 0.6 is 15.9 Å². The molecule has 0 fully saturated rings. The van der Waals surface area contributed by atoms with Crippen LogP contribution in [0.25, 0.3) is 0 Å². The zero-order chi connectivity index (χ0) is 16.2. The fourth-order valence-corrected chi connectivity index (χ4v) is 2.39. The minimum Gasteiger partial charge on any atom is -0.398 e. The van der Waals surface area contributed by atoms with Crippen LogP contribution in [0.4, 0.5) is 18.9 Å². The molecule has 0 saturated carbocycles. The summed E-state index contributed by atoms with van der Waals surface area (Å²) in [6, 6.07) is 3.12. The molecule has 0 aliphatic carbocycles. The highest BCUT2D eigenvalue weighted by atomic mass is 79.9. The molecule has 1 aromatic carbocycles. The minimum absolute atomic E-state index is 0.0701. The summed E-state index contributed by atoms with van der Waals surface area (Å²) in [4.78, 5) is 13.2. The molecule has 1 aromatic rings. The van der Waals surface area contributed by atoms with Crippen molar-refractivity contribution in [2.45, 2.75) is 32.9 Å². The number of rotatable bonds is 5. The van der Waals surface area contributed by atoms with Gasteiger partial charge in [0.1, 0.15) is 6.54 Å². The highest BCUT2D eigenvalue weighted by Gasteiger charge is 2.33. The van der Waals surface area contributed by atoms with Gasteiger partial charge in [0.2, 0.25) is 0 Å². The van der Waals surface area contributed by atoms with Gasteiger partial charge >= 0.3 is 6.18 Å². The molecule has 0 aromatic heterocycles. The summed E-state index contributed by atoms with van der Waals surface area (Å²) < 4.78 is 38.5. The van der Waals surface area contributed by atoms with Crippen molar-refractivity contribution >= 4 is 27.5 Å². The van der Waals surface area contributed by atoms with Gasteiger partial charge in [-0.25, -0.2) is 0 Å². The van der Waals surface area contributed by atoms with Crippen LogP contribution in [0.3, 0.4) is 0 Å². The maximum atomic E-state index is 12.6. The first-order chi connectivity index (χ1) is 9.65. The standard InChI is InChI=1S/C14H18BrF3N2O/c1-3-4-5-20(8-14(16,17)18)13(21)11-6-10(15)7-12(19)9(11)2/h6-7H,3-5,8,19H2,1-2H3. The number of carbonyl (C=O) groups is 1. The first-order valence-electron chi connectivity index (χ1n) is 6.57. The molecule has 0 aliphatic heterocycles. The van der Waals surface area contributed by atoms with Crippen molar-refractivity contribution in [2.75, 3.05) is 18.8 Å². The van der Waals surface area contributed by atoms with Gasteiger partial charge in [0.25, 0.3) is 5.91 Å². The van der Waals surface area contributed by atoms with Gasteiger partial charge in [0, 0.05) is 22.3 Å². The van der Waals surface area contributed by atoms with E-state index in [1.807, 2.05) is 6.92 Å². The Morgan fingerprint density at radius 3 is 2.52 bits per heavy atom. The molecule has 21 heavy (non-hydrogen) atoms. The van der Waals surface area contributed by atoms with Crippen LogP contribution in [0.5, 0.6) is 0 Å². The lowest BCUT2D eigenvalue weighted by atomic mass is 10.1. The van der Waals surface area contributed by atoms with Gasteiger partial charge < -0.3 is 10.6 Å². The molecule has 1 amide bonds. The Balaban J connectivity index is 3.10. The second-order valence-corrected chi connectivity index (χ2v) is 5.78. The number of unbranched alkanes of at least 4 members (excludes halogenated alkanes) is 1. The second-order valence-electron chi connectivity index (χ2n) is 4.86. The van der Waals surface area contributed by atoms with E-state index in [1.165, 1.54) is 6.07 Å². The molecule has 0 radical (unpaired) electrons. The Morgan fingerprint density at radius 2 is 2.00 bits per heavy atom. The van der Waals surface area contributed by atoms with Gasteiger partial charge in [-0.2, -0.15) is 13.2 Å². The third-order valence-electron chi connectivity index (χ3n) is 3.08. The first kappa shape index (κ1) is 17.8. The molecule has 0 aliphatic rings. The van der Waals surface area contributed by atoms with E-state index in [4.69, 9.17) is 5.73 Å². The quantitative estimate of drug-likeness (QED) is 0.795. The van der Waals surface area contributed by atoms with Gasteiger partial charge in [0.05, 0.1) is 0 Å². The van der Waals surface area contributed by atoms with Crippen LogP contribution in [-0.2, 0) is 0 Å². The molecule has 118 valence electrons. The van der Waals surface area contributed by atoms with Gasteiger partial charge in [-0.05, 0) is 31.0 Å². The topological polar surface area (TPSA) is 46.3 Å². The summed E-state index contributed by atoms with van der Waals surface area (Å²) in [6.07, 6.45) is -3.19. The Bertz CT molecular complexity index is 518. The van der Waals surface area contributed by atoms with Crippen molar-refractivity contribution in [3.63, 3.8) is 0 Å². The van der Waals surface area contributed by atoms with Crippen molar-refractivity contribution in [1.82, 2.24) is 4.90 Å². The van der Waals surface area contributed by atoms with Crippen LogP contribution in [0.2, 0.25) is 0 Å². The Kier molecular flexibility index (Phi) is 6.07. The third kappa shape index (κ3) is 5.22. The molecule has 0 atom stereocenters. The summed E-state index contributed by atoms with van der Waals surface area (Å²) in [5.74, 6) is -0.647. The average Bonchev–Trinajstić information content (AvgIpc) is 2.36. The predicted molar refractivity (Wildman–Crippen MR) is 80.2 cm³/mol. The fourth-order valence-electron chi connectivity index (χ4n) is 1.91. The van der Waals surface area contributed by atoms with Crippen molar-refractivity contribution in [2.24, 2.45) is 0 Å². The lowest BCUT2D eigenvalue weighted by Gasteiger charge is -2.25. The van der Waals surface area contributed by atoms with E-state index in [2.05, 4.69) is 15.9 Å². The molecule has 1 rings (SSSR count). The Labute approximate surface area is 130 Å². The van der Waals surface area contributed by atoms with Gasteiger partial charge in [0.15, 0.2) is 0 Å². The third-order valence-corrected chi connectivity index (χ3v) is 3.54. The summed E-state index contributed by atoms with van der Waals surface area (Å²) in [6.45, 7) is 2.30. The number of anilines is 1. The number of nitrogens with zero attached hydrogens (tertiary/aromatic N) is 1. The number of alkyl halides is 3. The summed E-state index contributed by atoms with van der Waals surface area (Å²) >= 11 is 3.21. The molecule has 0 bridgehead atoms. The molecule has 3 nitrogen and oxygen atoms in total. The van der Waals surface area contributed by atoms with E-state index >= 15 is 0 Å². The van der Waals surface area contributed by atoms with Crippen LogP contribution < -0.4 is 5.73 Å². The van der Waals surface area contributed by atoms with Crippen LogP contribution in [-0.4, -0.2) is 30.1 Å². The predicted octanol–water partition coefficient (Wildman–Crippen LogP) is 4.14. The Morgan fingerprint density at radius 1 is 1.38 bits per heavy atom. The molecule has 2 N–H and O–H groups in total. The first-order valence-corrected chi connectivity index (χ1v) is 7.36. The lowest BCUT2D eigenvalue weighted by molar-refractivity contribution is -0.140. The van der Waals surface area contributed by atoms with Crippen LogP contribution in [0.1, 0.15) is 35.7 Å². The zero-order valence-corrected chi connectivity index (χ0v) is 13.5. The normalized spacial score (nSPS) is 11.5. The van der Waals surface area contributed by atoms with E-state index in [0.29, 0.717) is 28.6 Å². The monoisotopic (exact) mass is 366 g/mol. The highest BCUT2D eigenvalue weighted by Crippen LogP contribution is 2.25. The highest BCUT2D eigenvalue weighted by molar-refractivity contribution is 9.10. The zero-order valence-electron chi connectivity index (χ0n) is 11.9. The van der Waals surface area contributed by atoms with Crippen LogP contribution in [0.15, 0.2) is 16.6 Å². The number of benzene rings is 1. The smallest absolute Gasteiger partial charge is 0.398 e. The van der Waals surface area contributed by atoms with E-state index < -0.39 is 18.6 Å². The number of carbonyl (C=O) groups excluding carboxylic acids is 1. The molecular formula is C14H18BrF3N2O. The Hall–Kier alpha value is -1.24. The summed E-state index contributed by atoms with van der Waals surface area (Å²) in [5.41, 5.74) is 6.82. The number of hydrogen-bond acceptors (Lipinski definition) is 2. The average molecular weight is 367 g/mol. The fraction of sp³-hybridized carbons (Fsp3) is 0.500. The number of amides is 1. The number of halogens is 4. The second kappa shape index (κ2) is 7.15. The van der Waals surface area contributed by atoms with Gasteiger partial charge in [-0.3, -0.25) is 4.79 Å². The molecular weight excluding hydrogens is 349 g/mol. The molecule has 7 heteroatoms. The molecule has 0 saturated heterocycles. The SMILES string of the molecule is CCCCN(CC(F)(F)F)C(=O)c1cc(Br)cc(N)c1C. The van der Waals surface area contributed by atoms with Crippen LogP contribution in [0, 0.1) is 6.92 Å². The molecule has 0 spiro atoms. The van der Waals surface area contributed by atoms with Gasteiger partial charge in [-0.15, -0.1) is 0 Å². The van der Waals surface area contributed by atoms with E-state index in [9.17, 15) is 18.0 Å². The summed E-state index contributed by atoms with van der Waals surface area (Å²) in [5, 5.41) is 0. The number of nitrogens with two attached hydrogens (primary N) is 1. The van der Waals surface area contributed by atoms with E-state index in [1.54, 1.807) is 13.0 Å².